The van der Waals surface area contributed by atoms with Gasteiger partial charge < -0.3 is 70.3 Å². The first-order chi connectivity index (χ1) is 25.4. The molecule has 0 spiro atoms. The van der Waals surface area contributed by atoms with Gasteiger partial charge in [-0.25, -0.2) is 24.4 Å². The highest BCUT2D eigenvalue weighted by Crippen LogP contribution is 2.33. The van der Waals surface area contributed by atoms with Crippen LogP contribution in [0, 0.1) is 5.92 Å². The quantitative estimate of drug-likeness (QED) is 0.0660. The number of imidazole rings is 1. The molecular formula is C32H43N9O12. The highest BCUT2D eigenvalue weighted by molar-refractivity contribution is 5.81. The number of rotatable bonds is 13. The molecule has 1 aromatic carbocycles. The number of carbonyl (C=O) groups excluding carboxylic acids is 1. The molecule has 3 aromatic heterocycles. The Kier molecular flexibility index (Phi) is 12.0. The third kappa shape index (κ3) is 8.64. The lowest BCUT2D eigenvalue weighted by atomic mass is 9.81. The molecular weight excluding hydrogens is 702 g/mol. The topological polar surface area (TPSA) is 308 Å². The average molecular weight is 746 g/mol. The van der Waals surface area contributed by atoms with Crippen molar-refractivity contribution in [3.05, 3.63) is 54.4 Å². The number of benzene rings is 1. The molecule has 0 radical (unpaired) electrons. The predicted molar refractivity (Wildman–Crippen MR) is 178 cm³/mol. The number of fused-ring (bicyclic) bond motifs is 1. The Balaban J connectivity index is 0.965. The van der Waals surface area contributed by atoms with Gasteiger partial charge in [-0.1, -0.05) is 17.3 Å². The number of nitrogens with two attached hydrogens (primary N) is 1. The summed E-state index contributed by atoms with van der Waals surface area (Å²) in [5.74, 6) is -0.262. The summed E-state index contributed by atoms with van der Waals surface area (Å²) in [5.41, 5.74) is 8.12. The number of hydrogen-bond donors (Lipinski definition) is 9. The number of alkyl carbamates (subject to hydrolysis) is 1. The molecule has 2 aliphatic rings. The largest absolute Gasteiger partial charge is 0.462 e. The van der Waals surface area contributed by atoms with Crippen LogP contribution < -0.4 is 15.8 Å². The molecule has 1 aliphatic carbocycles. The lowest BCUT2D eigenvalue weighted by molar-refractivity contribution is -0.303. The zero-order valence-electron chi connectivity index (χ0n) is 28.5. The summed E-state index contributed by atoms with van der Waals surface area (Å²) in [4.78, 5) is 24.7. The van der Waals surface area contributed by atoms with Crippen molar-refractivity contribution >= 4 is 23.1 Å². The van der Waals surface area contributed by atoms with Crippen LogP contribution in [0.5, 0.6) is 5.75 Å². The van der Waals surface area contributed by atoms with Crippen LogP contribution in [0.15, 0.2) is 43.1 Å². The highest BCUT2D eigenvalue weighted by atomic mass is 16.7. The van der Waals surface area contributed by atoms with Crippen LogP contribution in [-0.4, -0.2) is 151 Å². The number of nitrogens with one attached hydrogen (secondary N) is 1. The second kappa shape index (κ2) is 16.6. The van der Waals surface area contributed by atoms with Gasteiger partial charge in [-0.2, -0.15) is 0 Å². The van der Waals surface area contributed by atoms with Crippen LogP contribution in [0.2, 0.25) is 0 Å². The molecule has 1 aliphatic heterocycles. The number of amides is 1. The number of aliphatic hydroxyl groups is 7. The summed E-state index contributed by atoms with van der Waals surface area (Å²) in [5, 5.41) is 82.8. The molecule has 288 valence electrons. The first-order valence-corrected chi connectivity index (χ1v) is 16.9. The summed E-state index contributed by atoms with van der Waals surface area (Å²) >= 11 is 0. The summed E-state index contributed by atoms with van der Waals surface area (Å²) < 4.78 is 26.0. The van der Waals surface area contributed by atoms with E-state index < -0.39 is 86.5 Å². The van der Waals surface area contributed by atoms with E-state index in [1.165, 1.54) is 6.33 Å². The van der Waals surface area contributed by atoms with E-state index in [4.69, 9.17) is 24.7 Å². The summed E-state index contributed by atoms with van der Waals surface area (Å²) in [7, 11) is 0. The molecule has 10 N–H and O–H groups in total. The van der Waals surface area contributed by atoms with Crippen LogP contribution in [0.1, 0.15) is 24.6 Å². The molecule has 21 nitrogen and oxygen atoms in total. The third-order valence-corrected chi connectivity index (χ3v) is 9.20. The number of aromatic nitrogens is 7. The number of aliphatic hydroxyl groups excluding tert-OH is 7. The van der Waals surface area contributed by atoms with Gasteiger partial charge >= 0.3 is 6.09 Å². The van der Waals surface area contributed by atoms with Gasteiger partial charge in [-0.3, -0.25) is 0 Å². The second-order valence-corrected chi connectivity index (χ2v) is 13.1. The lowest BCUT2D eigenvalue weighted by Crippen LogP contribution is -2.63. The van der Waals surface area contributed by atoms with Crippen molar-refractivity contribution in [1.29, 1.82) is 0 Å². The Labute approximate surface area is 301 Å². The fourth-order valence-electron chi connectivity index (χ4n) is 6.34. The summed E-state index contributed by atoms with van der Waals surface area (Å²) in [6.07, 6.45) is -9.54. The van der Waals surface area contributed by atoms with Gasteiger partial charge in [-0.05, 0) is 31.0 Å². The van der Waals surface area contributed by atoms with Crippen LogP contribution >= 0.6 is 0 Å². The fourth-order valence-corrected chi connectivity index (χ4v) is 6.34. The van der Waals surface area contributed by atoms with E-state index in [2.05, 4.69) is 30.6 Å². The molecule has 6 rings (SSSR count). The van der Waals surface area contributed by atoms with Crippen LogP contribution in [0.4, 0.5) is 10.6 Å². The molecule has 1 saturated carbocycles. The summed E-state index contributed by atoms with van der Waals surface area (Å²) in [6, 6.07) is 6.69. The molecule has 11 atom stereocenters. The normalized spacial score (nSPS) is 29.5. The van der Waals surface area contributed by atoms with E-state index in [9.17, 15) is 40.5 Å². The van der Waals surface area contributed by atoms with Crippen LogP contribution in [0.3, 0.4) is 0 Å². The maximum absolute atomic E-state index is 12.4. The van der Waals surface area contributed by atoms with Crippen molar-refractivity contribution in [2.45, 2.75) is 94.2 Å². The van der Waals surface area contributed by atoms with Crippen molar-refractivity contribution < 1.29 is 59.5 Å². The van der Waals surface area contributed by atoms with Crippen LogP contribution in [0.25, 0.3) is 11.2 Å². The minimum absolute atomic E-state index is 0.0549. The minimum Gasteiger partial charge on any atom is -0.462 e. The minimum atomic E-state index is -1.64. The SMILES string of the molecule is C[C@H](Cn1cnc2c(N)ncnc21)OC(=O)NCc1cn(Cc2ccc(O[C@@H]3O[C@H](CO)[C@H](O[C@@H]4C[C@H](CO)[C@H](O)[C@H](O)[C@@H]4O)[C@H](O)[C@@H]3O)cc2)nn1. The second-order valence-electron chi connectivity index (χ2n) is 13.1. The lowest BCUT2D eigenvalue weighted by Gasteiger charge is -2.46. The highest BCUT2D eigenvalue weighted by Gasteiger charge is 2.50. The summed E-state index contributed by atoms with van der Waals surface area (Å²) in [6.45, 7) is 1.30. The van der Waals surface area contributed by atoms with Gasteiger partial charge in [-0.15, -0.1) is 5.10 Å². The van der Waals surface area contributed by atoms with Gasteiger partial charge in [0.05, 0.1) is 51.0 Å². The van der Waals surface area contributed by atoms with Crippen molar-refractivity contribution in [3.63, 3.8) is 0 Å². The Morgan fingerprint density at radius 3 is 2.53 bits per heavy atom. The van der Waals surface area contributed by atoms with E-state index in [-0.39, 0.29) is 24.5 Å². The van der Waals surface area contributed by atoms with E-state index >= 15 is 0 Å². The zero-order chi connectivity index (χ0) is 37.8. The Morgan fingerprint density at radius 1 is 1.02 bits per heavy atom. The predicted octanol–water partition coefficient (Wildman–Crippen LogP) is -2.97. The van der Waals surface area contributed by atoms with Crippen LogP contribution in [-0.2, 0) is 33.8 Å². The van der Waals surface area contributed by atoms with Gasteiger partial charge in [0.1, 0.15) is 66.0 Å². The fraction of sp³-hybridized carbons (Fsp3) is 0.562. The van der Waals surface area contributed by atoms with Gasteiger partial charge in [0, 0.05) is 12.5 Å². The monoisotopic (exact) mass is 745 g/mol. The molecule has 0 bridgehead atoms. The number of hydrogen-bond acceptors (Lipinski definition) is 18. The molecule has 1 amide bonds. The van der Waals surface area contributed by atoms with E-state index in [1.54, 1.807) is 53.0 Å². The standard InChI is InChI=1S/C32H43N9O12/c1-15(8-40-14-37-22-29(33)35-13-36-30(22)40)50-32(49)34-7-18-10-41(39-38-18)9-16-2-4-19(5-3-16)51-31-27(48)26(47)28(21(12-43)53-31)52-20-6-17(11-42)23(44)25(46)24(20)45/h2-5,10,13-15,17,20-21,23-28,31,42-48H,6-9,11-12H2,1H3,(H,34,49)(H2,33,35,36)/t15-,17-,20-,21-,23+,24-,25+,26-,27+,28+,31-/m1/s1. The Hall–Kier alpha value is -4.58. The zero-order valence-corrected chi connectivity index (χ0v) is 28.5. The molecule has 2 fully saturated rings. The molecule has 0 unspecified atom stereocenters. The first kappa shape index (κ1) is 38.2. The van der Waals surface area contributed by atoms with Crippen molar-refractivity contribution in [1.82, 2.24) is 39.8 Å². The maximum atomic E-state index is 12.4. The van der Waals surface area contributed by atoms with Crippen molar-refractivity contribution in [2.24, 2.45) is 5.92 Å². The van der Waals surface area contributed by atoms with Gasteiger partial charge in [0.2, 0.25) is 6.29 Å². The van der Waals surface area contributed by atoms with Gasteiger partial charge in [0.25, 0.3) is 0 Å². The van der Waals surface area contributed by atoms with E-state index in [0.717, 1.165) is 5.56 Å². The maximum Gasteiger partial charge on any atom is 0.407 e. The van der Waals surface area contributed by atoms with Crippen molar-refractivity contribution in [2.75, 3.05) is 18.9 Å². The average Bonchev–Trinajstić information content (AvgIpc) is 3.78. The Bertz CT molecular complexity index is 1810. The molecule has 4 aromatic rings. The van der Waals surface area contributed by atoms with Crippen molar-refractivity contribution in [3.8, 4) is 5.75 Å². The Morgan fingerprint density at radius 2 is 1.79 bits per heavy atom. The number of carbonyl (C=O) groups is 1. The molecule has 1 saturated heterocycles. The van der Waals surface area contributed by atoms with Gasteiger partial charge in [0.15, 0.2) is 11.5 Å². The third-order valence-electron chi connectivity index (χ3n) is 9.20. The molecule has 53 heavy (non-hydrogen) atoms. The number of nitrogen functional groups attached to an aromatic ring is 1. The first-order valence-electron chi connectivity index (χ1n) is 16.9. The molecule has 4 heterocycles. The van der Waals surface area contributed by atoms with E-state index in [1.807, 2.05) is 0 Å². The smallest absolute Gasteiger partial charge is 0.407 e. The number of nitrogens with zero attached hydrogens (tertiary/aromatic N) is 7. The number of anilines is 1. The number of ether oxygens (including phenoxy) is 4. The van der Waals surface area contributed by atoms with E-state index in [0.29, 0.717) is 29.9 Å². The molecule has 21 heteroatoms.